The van der Waals surface area contributed by atoms with Gasteiger partial charge in [0, 0.05) is 32.6 Å². The van der Waals surface area contributed by atoms with Crippen molar-refractivity contribution in [2.45, 2.75) is 26.0 Å². The number of anilines is 1. The van der Waals surface area contributed by atoms with Crippen LogP contribution in [0.1, 0.15) is 23.9 Å². The molecule has 130 valence electrons. The molecule has 0 bridgehead atoms. The normalized spacial score (nSPS) is 16.5. The Morgan fingerprint density at radius 3 is 2.46 bits per heavy atom. The van der Waals surface area contributed by atoms with E-state index in [0.717, 1.165) is 11.1 Å². The van der Waals surface area contributed by atoms with Crippen LogP contribution in [-0.4, -0.2) is 49.1 Å². The molecule has 0 atom stereocenters. The first-order valence-electron chi connectivity index (χ1n) is 8.09. The molecule has 3 rings (SSSR count). The monoisotopic (exact) mass is 350 g/mol. The summed E-state index contributed by atoms with van der Waals surface area (Å²) in [5.41, 5.74) is 1.85. The molecule has 0 radical (unpaired) electrons. The molecule has 0 N–H and O–H groups in total. The van der Waals surface area contributed by atoms with E-state index in [2.05, 4.69) is 10.2 Å². The van der Waals surface area contributed by atoms with Crippen LogP contribution in [-0.2, 0) is 22.2 Å². The van der Waals surface area contributed by atoms with E-state index in [1.807, 2.05) is 43.0 Å². The molecule has 7 nitrogen and oxygen atoms in total. The van der Waals surface area contributed by atoms with Gasteiger partial charge in [0.2, 0.25) is 15.9 Å². The van der Waals surface area contributed by atoms with Crippen LogP contribution in [0.15, 0.2) is 28.7 Å². The molecule has 24 heavy (non-hydrogen) atoms. The number of piperazine rings is 1. The lowest BCUT2D eigenvalue weighted by Crippen LogP contribution is -2.49. The van der Waals surface area contributed by atoms with Crippen molar-refractivity contribution >= 4 is 16.0 Å². The van der Waals surface area contributed by atoms with E-state index in [-0.39, 0.29) is 5.75 Å². The van der Waals surface area contributed by atoms with Crippen molar-refractivity contribution in [3.05, 3.63) is 41.3 Å². The minimum atomic E-state index is -3.32. The number of hydrogen-bond donors (Lipinski definition) is 0. The Kier molecular flexibility index (Phi) is 4.86. The van der Waals surface area contributed by atoms with Crippen LogP contribution in [0.5, 0.6) is 0 Å². The van der Waals surface area contributed by atoms with Crippen LogP contribution in [0.25, 0.3) is 0 Å². The highest BCUT2D eigenvalue weighted by molar-refractivity contribution is 7.88. The Morgan fingerprint density at radius 2 is 1.83 bits per heavy atom. The number of benzene rings is 1. The summed E-state index contributed by atoms with van der Waals surface area (Å²) in [6.07, 6.45) is 0.692. The summed E-state index contributed by atoms with van der Waals surface area (Å²) in [6, 6.07) is 8.07. The first-order chi connectivity index (χ1) is 11.5. The average Bonchev–Trinajstić information content (AvgIpc) is 3.06. The van der Waals surface area contributed by atoms with Crippen molar-refractivity contribution in [1.82, 2.24) is 14.5 Å². The summed E-state index contributed by atoms with van der Waals surface area (Å²) in [5.74, 6) is 0.639. The summed E-state index contributed by atoms with van der Waals surface area (Å²) in [5, 5.41) is 7.97. The molecule has 1 aliphatic heterocycles. The standard InChI is InChI=1S/C16H22N4O3S/c1-3-15-17-18-16(23-15)19-8-10-20(11-9-19)24(21,22)12-14-7-5-4-6-13(14)2/h4-7H,3,8-12H2,1-2H3. The molecular weight excluding hydrogens is 328 g/mol. The van der Waals surface area contributed by atoms with E-state index < -0.39 is 10.0 Å². The second kappa shape index (κ2) is 6.90. The lowest BCUT2D eigenvalue weighted by Gasteiger charge is -2.32. The molecule has 2 heterocycles. The highest BCUT2D eigenvalue weighted by Crippen LogP contribution is 2.19. The molecule has 0 unspecified atom stereocenters. The molecule has 0 saturated carbocycles. The minimum absolute atomic E-state index is 0.0419. The van der Waals surface area contributed by atoms with Gasteiger partial charge in [0.1, 0.15) is 0 Å². The number of aryl methyl sites for hydroxylation is 2. The average molecular weight is 350 g/mol. The lowest BCUT2D eigenvalue weighted by atomic mass is 10.1. The largest absolute Gasteiger partial charge is 0.408 e. The predicted octanol–water partition coefficient (Wildman–Crippen LogP) is 1.59. The zero-order valence-electron chi connectivity index (χ0n) is 14.0. The molecule has 1 aromatic carbocycles. The first-order valence-corrected chi connectivity index (χ1v) is 9.70. The molecule has 1 aromatic heterocycles. The molecule has 0 spiro atoms. The summed E-state index contributed by atoms with van der Waals surface area (Å²) in [7, 11) is -3.32. The van der Waals surface area contributed by atoms with Gasteiger partial charge < -0.3 is 9.32 Å². The van der Waals surface area contributed by atoms with E-state index in [9.17, 15) is 8.42 Å². The number of rotatable bonds is 5. The van der Waals surface area contributed by atoms with Crippen LogP contribution in [0.2, 0.25) is 0 Å². The third-order valence-corrected chi connectivity index (χ3v) is 6.09. The highest BCUT2D eigenvalue weighted by Gasteiger charge is 2.29. The molecular formula is C16H22N4O3S. The van der Waals surface area contributed by atoms with Crippen LogP contribution in [0.3, 0.4) is 0 Å². The first kappa shape index (κ1) is 16.9. The summed E-state index contributed by atoms with van der Waals surface area (Å²) in [6.45, 7) is 5.85. The Morgan fingerprint density at radius 1 is 1.12 bits per heavy atom. The number of nitrogens with zero attached hydrogens (tertiary/aromatic N) is 4. The van der Waals surface area contributed by atoms with E-state index in [4.69, 9.17) is 4.42 Å². The van der Waals surface area contributed by atoms with Gasteiger partial charge in [-0.25, -0.2) is 8.42 Å². The molecule has 1 fully saturated rings. The molecule has 0 aliphatic carbocycles. The van der Waals surface area contributed by atoms with Crippen molar-refractivity contribution in [2.75, 3.05) is 31.1 Å². The fourth-order valence-electron chi connectivity index (χ4n) is 2.73. The third kappa shape index (κ3) is 3.59. The zero-order chi connectivity index (χ0) is 17.2. The van der Waals surface area contributed by atoms with Crippen LogP contribution < -0.4 is 4.90 Å². The van der Waals surface area contributed by atoms with Crippen LogP contribution in [0, 0.1) is 6.92 Å². The van der Waals surface area contributed by atoms with Crippen LogP contribution >= 0.6 is 0 Å². The maximum Gasteiger partial charge on any atom is 0.318 e. The van der Waals surface area contributed by atoms with Gasteiger partial charge in [-0.05, 0) is 18.1 Å². The summed E-state index contributed by atoms with van der Waals surface area (Å²) < 4.78 is 32.4. The van der Waals surface area contributed by atoms with Gasteiger partial charge in [0.25, 0.3) is 0 Å². The fraction of sp³-hybridized carbons (Fsp3) is 0.500. The fourth-order valence-corrected chi connectivity index (χ4v) is 4.35. The van der Waals surface area contributed by atoms with Gasteiger partial charge >= 0.3 is 6.01 Å². The molecule has 2 aromatic rings. The maximum atomic E-state index is 12.7. The zero-order valence-corrected chi connectivity index (χ0v) is 14.8. The topological polar surface area (TPSA) is 79.5 Å². The van der Waals surface area contributed by atoms with Crippen molar-refractivity contribution < 1.29 is 12.8 Å². The van der Waals surface area contributed by atoms with Crippen molar-refractivity contribution in [2.24, 2.45) is 0 Å². The Balaban J connectivity index is 1.64. The SMILES string of the molecule is CCc1nnc(N2CCN(S(=O)(=O)Cc3ccccc3C)CC2)o1. The van der Waals surface area contributed by atoms with Crippen molar-refractivity contribution in [3.8, 4) is 0 Å². The summed E-state index contributed by atoms with van der Waals surface area (Å²) >= 11 is 0. The van der Waals surface area contributed by atoms with Crippen LogP contribution in [0.4, 0.5) is 6.01 Å². The Labute approximate surface area is 142 Å². The van der Waals surface area contributed by atoms with Gasteiger partial charge in [-0.2, -0.15) is 4.31 Å². The van der Waals surface area contributed by atoms with Gasteiger partial charge in [-0.15, -0.1) is 5.10 Å². The highest BCUT2D eigenvalue weighted by atomic mass is 32.2. The Bertz CT molecular complexity index is 795. The number of hydrogen-bond acceptors (Lipinski definition) is 6. The van der Waals surface area contributed by atoms with E-state index >= 15 is 0 Å². The molecule has 0 amide bonds. The van der Waals surface area contributed by atoms with Gasteiger partial charge in [0.05, 0.1) is 5.75 Å². The molecule has 1 aliphatic rings. The predicted molar refractivity (Wildman–Crippen MR) is 91.3 cm³/mol. The second-order valence-corrected chi connectivity index (χ2v) is 7.87. The van der Waals surface area contributed by atoms with Crippen molar-refractivity contribution in [3.63, 3.8) is 0 Å². The number of sulfonamides is 1. The Hall–Kier alpha value is -1.93. The van der Waals surface area contributed by atoms with Gasteiger partial charge in [-0.3, -0.25) is 0 Å². The molecule has 8 heteroatoms. The lowest BCUT2D eigenvalue weighted by molar-refractivity contribution is 0.368. The molecule has 1 saturated heterocycles. The second-order valence-electron chi connectivity index (χ2n) is 5.90. The van der Waals surface area contributed by atoms with E-state index in [1.54, 1.807) is 4.31 Å². The van der Waals surface area contributed by atoms with Gasteiger partial charge in [0.15, 0.2) is 0 Å². The quantitative estimate of drug-likeness (QED) is 0.815. The van der Waals surface area contributed by atoms with Gasteiger partial charge in [-0.1, -0.05) is 36.3 Å². The van der Waals surface area contributed by atoms with E-state index in [0.29, 0.717) is 44.5 Å². The maximum absolute atomic E-state index is 12.7. The number of aromatic nitrogens is 2. The smallest absolute Gasteiger partial charge is 0.318 e. The summed E-state index contributed by atoms with van der Waals surface area (Å²) in [4.78, 5) is 1.94. The van der Waals surface area contributed by atoms with E-state index in [1.165, 1.54) is 0 Å². The third-order valence-electron chi connectivity index (χ3n) is 4.26. The minimum Gasteiger partial charge on any atom is -0.408 e. The van der Waals surface area contributed by atoms with Crippen molar-refractivity contribution in [1.29, 1.82) is 0 Å².